The summed E-state index contributed by atoms with van der Waals surface area (Å²) < 4.78 is 33.0. The molecule has 1 aliphatic heterocycles. The third kappa shape index (κ3) is 4.43. The van der Waals surface area contributed by atoms with Crippen LogP contribution in [0.15, 0.2) is 16.6 Å². The lowest BCUT2D eigenvalue weighted by Crippen LogP contribution is -2.41. The number of nitrogens with one attached hydrogen (secondary N) is 1. The van der Waals surface area contributed by atoms with Crippen LogP contribution in [0.25, 0.3) is 0 Å². The van der Waals surface area contributed by atoms with E-state index in [0.29, 0.717) is 13.0 Å². The van der Waals surface area contributed by atoms with Crippen molar-refractivity contribution in [3.8, 4) is 0 Å². The summed E-state index contributed by atoms with van der Waals surface area (Å²) in [6.45, 7) is 5.70. The fourth-order valence-electron chi connectivity index (χ4n) is 2.42. The quantitative estimate of drug-likeness (QED) is 0.767. The van der Waals surface area contributed by atoms with Crippen molar-refractivity contribution in [2.45, 2.75) is 38.8 Å². The Kier molecular flexibility index (Phi) is 5.47. The highest BCUT2D eigenvalue weighted by atomic mass is 79.9. The summed E-state index contributed by atoms with van der Waals surface area (Å²) in [6, 6.07) is 1.92. The molecule has 2 amide bonds. The number of halogens is 3. The summed E-state index contributed by atoms with van der Waals surface area (Å²) in [4.78, 5) is 25.4. The van der Waals surface area contributed by atoms with Crippen molar-refractivity contribution in [3.63, 3.8) is 0 Å². The average Bonchev–Trinajstić information content (AvgIpc) is 2.89. The van der Waals surface area contributed by atoms with E-state index >= 15 is 0 Å². The van der Waals surface area contributed by atoms with Crippen molar-refractivity contribution in [1.29, 1.82) is 0 Å². The molecule has 1 aromatic rings. The first-order valence-electron chi connectivity index (χ1n) is 7.51. The Hall–Kier alpha value is -1.70. The Morgan fingerprint density at radius 2 is 2.00 bits per heavy atom. The third-order valence-corrected chi connectivity index (χ3v) is 4.07. The number of nitrogens with zero attached hydrogens (tertiary/aromatic N) is 1. The third-order valence-electron chi connectivity index (χ3n) is 3.45. The van der Waals surface area contributed by atoms with E-state index in [1.807, 2.05) is 0 Å². The predicted octanol–water partition coefficient (Wildman–Crippen LogP) is 3.47. The number of hydrogen-bond donors (Lipinski definition) is 1. The monoisotopic (exact) mass is 404 g/mol. The first kappa shape index (κ1) is 18.6. The van der Waals surface area contributed by atoms with Gasteiger partial charge in [0, 0.05) is 13.1 Å². The molecule has 0 bridgehead atoms. The summed E-state index contributed by atoms with van der Waals surface area (Å²) in [6.07, 6.45) is -0.0935. The Balaban J connectivity index is 2.02. The van der Waals surface area contributed by atoms with Crippen LogP contribution in [0.5, 0.6) is 0 Å². The molecule has 0 aliphatic carbocycles. The van der Waals surface area contributed by atoms with Gasteiger partial charge in [0.25, 0.3) is 5.91 Å². The molecule has 1 N–H and O–H groups in total. The molecular formula is C16H19BrF2N2O3. The zero-order valence-corrected chi connectivity index (χ0v) is 15.2. The van der Waals surface area contributed by atoms with Crippen LogP contribution in [0, 0.1) is 11.6 Å². The van der Waals surface area contributed by atoms with E-state index in [2.05, 4.69) is 21.2 Å². The van der Waals surface area contributed by atoms with E-state index in [-0.39, 0.29) is 17.1 Å². The molecule has 1 saturated heterocycles. The molecule has 1 atom stereocenters. The number of rotatable bonds is 2. The Morgan fingerprint density at radius 1 is 1.33 bits per heavy atom. The van der Waals surface area contributed by atoms with Gasteiger partial charge in [-0.25, -0.2) is 13.6 Å². The molecule has 24 heavy (non-hydrogen) atoms. The largest absolute Gasteiger partial charge is 0.444 e. The van der Waals surface area contributed by atoms with E-state index in [1.54, 1.807) is 20.8 Å². The second-order valence-corrected chi connectivity index (χ2v) is 7.46. The average molecular weight is 405 g/mol. The van der Waals surface area contributed by atoms with Crippen LogP contribution in [0.4, 0.5) is 13.6 Å². The number of amides is 2. The SMILES string of the molecule is CC(C)(C)OC(=O)NC1CCN(C(=O)c2c(F)ccc(Br)c2F)C1. The van der Waals surface area contributed by atoms with Crippen LogP contribution in [0.1, 0.15) is 37.6 Å². The van der Waals surface area contributed by atoms with Gasteiger partial charge >= 0.3 is 6.09 Å². The summed E-state index contributed by atoms with van der Waals surface area (Å²) >= 11 is 2.94. The molecule has 132 valence electrons. The van der Waals surface area contributed by atoms with Crippen molar-refractivity contribution in [2.75, 3.05) is 13.1 Å². The second-order valence-electron chi connectivity index (χ2n) is 6.60. The van der Waals surface area contributed by atoms with Crippen molar-refractivity contribution in [3.05, 3.63) is 33.8 Å². The van der Waals surface area contributed by atoms with Crippen LogP contribution in [0.2, 0.25) is 0 Å². The maximum Gasteiger partial charge on any atom is 0.407 e. The molecule has 1 aliphatic rings. The first-order valence-corrected chi connectivity index (χ1v) is 8.30. The van der Waals surface area contributed by atoms with Crippen LogP contribution in [-0.2, 0) is 4.74 Å². The smallest absolute Gasteiger partial charge is 0.407 e. The lowest BCUT2D eigenvalue weighted by atomic mass is 10.1. The van der Waals surface area contributed by atoms with Gasteiger partial charge in [0.15, 0.2) is 5.82 Å². The highest BCUT2D eigenvalue weighted by Gasteiger charge is 2.32. The second kappa shape index (κ2) is 7.04. The predicted molar refractivity (Wildman–Crippen MR) is 87.7 cm³/mol. The summed E-state index contributed by atoms with van der Waals surface area (Å²) in [5.41, 5.74) is -1.22. The Labute approximate surface area is 147 Å². The van der Waals surface area contributed by atoms with Gasteiger partial charge in [-0.2, -0.15) is 0 Å². The molecule has 2 rings (SSSR count). The molecule has 0 radical (unpaired) electrons. The topological polar surface area (TPSA) is 58.6 Å². The molecule has 1 unspecified atom stereocenters. The van der Waals surface area contributed by atoms with Crippen LogP contribution >= 0.6 is 15.9 Å². The van der Waals surface area contributed by atoms with Crippen molar-refractivity contribution >= 4 is 27.9 Å². The summed E-state index contributed by atoms with van der Waals surface area (Å²) in [5, 5.41) is 2.66. The van der Waals surface area contributed by atoms with Crippen molar-refractivity contribution < 1.29 is 23.1 Å². The zero-order valence-electron chi connectivity index (χ0n) is 13.7. The van der Waals surface area contributed by atoms with Gasteiger partial charge in [0.2, 0.25) is 0 Å². The molecule has 1 heterocycles. The van der Waals surface area contributed by atoms with E-state index < -0.39 is 34.8 Å². The van der Waals surface area contributed by atoms with Crippen LogP contribution in [-0.4, -0.2) is 41.6 Å². The maximum absolute atomic E-state index is 14.0. The van der Waals surface area contributed by atoms with Gasteiger partial charge in [-0.05, 0) is 55.3 Å². The van der Waals surface area contributed by atoms with Crippen LogP contribution in [0.3, 0.4) is 0 Å². The molecule has 5 nitrogen and oxygen atoms in total. The van der Waals surface area contributed by atoms with E-state index in [1.165, 1.54) is 11.0 Å². The van der Waals surface area contributed by atoms with E-state index in [9.17, 15) is 18.4 Å². The van der Waals surface area contributed by atoms with Gasteiger partial charge in [0.05, 0.1) is 10.5 Å². The van der Waals surface area contributed by atoms with Gasteiger partial charge in [-0.3, -0.25) is 4.79 Å². The number of hydrogen-bond acceptors (Lipinski definition) is 3. The number of carbonyl (C=O) groups is 2. The highest BCUT2D eigenvalue weighted by molar-refractivity contribution is 9.10. The summed E-state index contributed by atoms with van der Waals surface area (Å²) in [7, 11) is 0. The number of carbonyl (C=O) groups excluding carboxylic acids is 2. The normalized spacial score (nSPS) is 17.8. The molecule has 0 saturated carbocycles. The zero-order chi connectivity index (χ0) is 18.1. The maximum atomic E-state index is 14.0. The number of alkyl carbamates (subject to hydrolysis) is 1. The fourth-order valence-corrected chi connectivity index (χ4v) is 2.75. The minimum atomic E-state index is -0.927. The van der Waals surface area contributed by atoms with Gasteiger partial charge < -0.3 is 15.0 Å². The van der Waals surface area contributed by atoms with Crippen LogP contribution < -0.4 is 5.32 Å². The molecule has 0 spiro atoms. The van der Waals surface area contributed by atoms with Gasteiger partial charge in [-0.1, -0.05) is 0 Å². The van der Waals surface area contributed by atoms with E-state index in [0.717, 1.165) is 6.07 Å². The van der Waals surface area contributed by atoms with Gasteiger partial charge in [-0.15, -0.1) is 0 Å². The molecular weight excluding hydrogens is 386 g/mol. The van der Waals surface area contributed by atoms with Crippen molar-refractivity contribution in [1.82, 2.24) is 10.2 Å². The molecule has 1 fully saturated rings. The van der Waals surface area contributed by atoms with E-state index in [4.69, 9.17) is 4.74 Å². The lowest BCUT2D eigenvalue weighted by molar-refractivity contribution is 0.0501. The molecule has 1 aromatic carbocycles. The highest BCUT2D eigenvalue weighted by Crippen LogP contribution is 2.24. The van der Waals surface area contributed by atoms with Gasteiger partial charge in [0.1, 0.15) is 17.0 Å². The Bertz CT molecular complexity index is 661. The summed E-state index contributed by atoms with van der Waals surface area (Å²) in [5.74, 6) is -2.58. The minimum Gasteiger partial charge on any atom is -0.444 e. The first-order chi connectivity index (χ1) is 11.1. The Morgan fingerprint density at radius 3 is 2.62 bits per heavy atom. The lowest BCUT2D eigenvalue weighted by Gasteiger charge is -2.22. The fraction of sp³-hybridized carbons (Fsp3) is 0.500. The standard InChI is InChI=1S/C16H19BrF2N2O3/c1-16(2,3)24-15(23)20-9-6-7-21(8-9)14(22)12-11(18)5-4-10(17)13(12)19/h4-5,9H,6-8H2,1-3H3,(H,20,23). The minimum absolute atomic E-state index is 0.0230. The number of ether oxygens (including phenoxy) is 1. The number of benzene rings is 1. The van der Waals surface area contributed by atoms with Crippen molar-refractivity contribution in [2.24, 2.45) is 0 Å². The molecule has 0 aromatic heterocycles. The molecule has 8 heteroatoms. The number of likely N-dealkylation sites (tertiary alicyclic amines) is 1.